The third-order valence-corrected chi connectivity index (χ3v) is 7.24. The zero-order valence-electron chi connectivity index (χ0n) is 18.5. The van der Waals surface area contributed by atoms with Crippen LogP contribution in [0.1, 0.15) is 39.7 Å². The number of carbonyl (C=O) groups is 2. The van der Waals surface area contributed by atoms with Crippen molar-refractivity contribution in [3.05, 3.63) is 98.6 Å². The first-order valence-electron chi connectivity index (χ1n) is 11.1. The molecule has 2 bridgehead atoms. The summed E-state index contributed by atoms with van der Waals surface area (Å²) in [5.41, 5.74) is 3.87. The maximum atomic E-state index is 13.6. The lowest BCUT2D eigenvalue weighted by atomic mass is 9.55. The highest BCUT2D eigenvalue weighted by molar-refractivity contribution is 6.08. The molecule has 0 saturated carbocycles. The van der Waals surface area contributed by atoms with Gasteiger partial charge in [-0.3, -0.25) is 19.7 Å². The molecule has 3 aromatic rings. The molecule has 1 saturated heterocycles. The van der Waals surface area contributed by atoms with Crippen LogP contribution < -0.4 is 4.74 Å². The number of phenols is 1. The Hall–Kier alpha value is -4.53. The average molecular weight is 469 g/mol. The van der Waals surface area contributed by atoms with Gasteiger partial charge in [-0.2, -0.15) is 10.1 Å². The van der Waals surface area contributed by atoms with Crippen LogP contribution in [0.2, 0.25) is 0 Å². The van der Waals surface area contributed by atoms with Crippen molar-refractivity contribution in [3.8, 4) is 11.5 Å². The van der Waals surface area contributed by atoms with Crippen molar-refractivity contribution in [1.82, 2.24) is 5.01 Å². The van der Waals surface area contributed by atoms with E-state index >= 15 is 0 Å². The third-order valence-electron chi connectivity index (χ3n) is 7.24. The van der Waals surface area contributed by atoms with Crippen LogP contribution in [0.5, 0.6) is 11.5 Å². The molecule has 174 valence electrons. The summed E-state index contributed by atoms with van der Waals surface area (Å²) in [5.74, 6) is -3.14. The molecule has 0 aromatic heterocycles. The number of nitrogens with zero attached hydrogens (tertiary/aromatic N) is 3. The summed E-state index contributed by atoms with van der Waals surface area (Å²) in [6.07, 6.45) is 1.20. The Morgan fingerprint density at radius 3 is 1.86 bits per heavy atom. The Bertz CT molecular complexity index is 1350. The van der Waals surface area contributed by atoms with E-state index < -0.39 is 40.0 Å². The Morgan fingerprint density at radius 1 is 0.943 bits per heavy atom. The van der Waals surface area contributed by atoms with Gasteiger partial charge in [0, 0.05) is 23.5 Å². The maximum absolute atomic E-state index is 13.6. The molecule has 3 aliphatic carbocycles. The summed E-state index contributed by atoms with van der Waals surface area (Å²) in [6.45, 7) is 0. The van der Waals surface area contributed by atoms with E-state index in [-0.39, 0.29) is 23.1 Å². The molecule has 2 amide bonds. The first-order valence-corrected chi connectivity index (χ1v) is 11.1. The predicted octanol–water partition coefficient (Wildman–Crippen LogP) is 3.54. The molecule has 2 atom stereocenters. The highest BCUT2D eigenvalue weighted by atomic mass is 16.6. The monoisotopic (exact) mass is 469 g/mol. The quantitative estimate of drug-likeness (QED) is 0.270. The second-order valence-electron chi connectivity index (χ2n) is 8.85. The standard InChI is InChI=1S/C26H19N3O6/c1-35-19-11-13(10-18(24(19)30)29(33)34)12-27-28-25(31)22-20-14-6-2-3-7-15(14)21(23(22)26(28)32)17-9-5-4-8-16(17)20/h2-12,20-23,30H,1H3/b27-12-/t20?,21?,22-,23-/m1/s1. The number of hydrogen-bond donors (Lipinski definition) is 1. The Labute approximate surface area is 199 Å². The number of methoxy groups -OCH3 is 1. The van der Waals surface area contributed by atoms with Gasteiger partial charge in [0.2, 0.25) is 5.75 Å². The lowest BCUT2D eigenvalue weighted by Crippen LogP contribution is -2.41. The van der Waals surface area contributed by atoms with E-state index in [1.807, 2.05) is 48.5 Å². The zero-order valence-corrected chi connectivity index (χ0v) is 18.5. The van der Waals surface area contributed by atoms with Crippen molar-refractivity contribution < 1.29 is 24.4 Å². The van der Waals surface area contributed by atoms with Gasteiger partial charge in [0.15, 0.2) is 5.75 Å². The number of carbonyl (C=O) groups excluding carboxylic acids is 2. The summed E-state index contributed by atoms with van der Waals surface area (Å²) < 4.78 is 5.01. The fourth-order valence-corrected chi connectivity index (χ4v) is 5.88. The minimum atomic E-state index is -0.748. The molecule has 0 spiro atoms. The second kappa shape index (κ2) is 7.49. The van der Waals surface area contributed by atoms with Crippen LogP contribution in [0.25, 0.3) is 0 Å². The molecule has 4 aliphatic rings. The number of ether oxygens (including phenoxy) is 1. The molecule has 0 radical (unpaired) electrons. The number of nitro groups is 1. The molecule has 1 N–H and O–H groups in total. The fourth-order valence-electron chi connectivity index (χ4n) is 5.88. The van der Waals surface area contributed by atoms with Gasteiger partial charge in [-0.1, -0.05) is 48.5 Å². The molecule has 35 heavy (non-hydrogen) atoms. The molecule has 1 aliphatic heterocycles. The van der Waals surface area contributed by atoms with E-state index in [0.29, 0.717) is 0 Å². The summed E-state index contributed by atoms with van der Waals surface area (Å²) in [6, 6.07) is 18.3. The minimum absolute atomic E-state index is 0.114. The van der Waals surface area contributed by atoms with Crippen molar-refractivity contribution >= 4 is 23.7 Å². The number of hydrogen-bond acceptors (Lipinski definition) is 7. The van der Waals surface area contributed by atoms with Crippen LogP contribution in [-0.4, -0.2) is 40.2 Å². The van der Waals surface area contributed by atoms with Gasteiger partial charge >= 0.3 is 5.69 Å². The fraction of sp³-hybridized carbons (Fsp3) is 0.192. The van der Waals surface area contributed by atoms with Gasteiger partial charge in [0.25, 0.3) is 11.8 Å². The number of nitro benzene ring substituents is 1. The Balaban J connectivity index is 1.41. The summed E-state index contributed by atoms with van der Waals surface area (Å²) in [5, 5.41) is 26.3. The predicted molar refractivity (Wildman–Crippen MR) is 124 cm³/mol. The average Bonchev–Trinajstić information content (AvgIpc) is 3.13. The number of phenolic OH excluding ortho intramolecular Hbond substituents is 1. The number of hydrazone groups is 1. The second-order valence-corrected chi connectivity index (χ2v) is 8.85. The molecule has 1 heterocycles. The maximum Gasteiger partial charge on any atom is 0.315 e. The van der Waals surface area contributed by atoms with Gasteiger partial charge < -0.3 is 9.84 Å². The number of aromatic hydroxyl groups is 1. The largest absolute Gasteiger partial charge is 0.500 e. The van der Waals surface area contributed by atoms with Crippen LogP contribution in [0.4, 0.5) is 5.69 Å². The lowest BCUT2D eigenvalue weighted by molar-refractivity contribution is -0.386. The Kier molecular flexibility index (Phi) is 4.50. The molecule has 9 nitrogen and oxygen atoms in total. The van der Waals surface area contributed by atoms with Crippen LogP contribution in [0.15, 0.2) is 65.8 Å². The molecule has 3 aromatic carbocycles. The number of benzene rings is 3. The number of imide groups is 1. The topological polar surface area (TPSA) is 122 Å². The first-order chi connectivity index (χ1) is 16.9. The van der Waals surface area contributed by atoms with E-state index in [2.05, 4.69) is 5.10 Å². The summed E-state index contributed by atoms with van der Waals surface area (Å²) >= 11 is 0. The molecular formula is C26H19N3O6. The molecule has 7 rings (SSSR count). The first kappa shape index (κ1) is 21.0. The van der Waals surface area contributed by atoms with Crippen molar-refractivity contribution in [2.45, 2.75) is 11.8 Å². The van der Waals surface area contributed by atoms with E-state index in [4.69, 9.17) is 4.74 Å². The SMILES string of the molecule is COc1cc(/C=N\N2C(=O)[C@@H]3C4c5ccccc5C(c5ccccc54)[C@H]3C2=O)cc([N+](=O)[O-])c1O. The third kappa shape index (κ3) is 2.84. The number of amides is 2. The van der Waals surface area contributed by atoms with Gasteiger partial charge in [0.05, 0.1) is 30.1 Å². The van der Waals surface area contributed by atoms with E-state index in [9.17, 15) is 24.8 Å². The highest BCUT2D eigenvalue weighted by Gasteiger charge is 2.61. The molecular weight excluding hydrogens is 450 g/mol. The van der Waals surface area contributed by atoms with Crippen molar-refractivity contribution in [2.24, 2.45) is 16.9 Å². The highest BCUT2D eigenvalue weighted by Crippen LogP contribution is 2.60. The van der Waals surface area contributed by atoms with Crippen molar-refractivity contribution in [1.29, 1.82) is 0 Å². The molecule has 1 fully saturated rings. The van der Waals surface area contributed by atoms with Crippen LogP contribution in [0.3, 0.4) is 0 Å². The molecule has 0 unspecified atom stereocenters. The van der Waals surface area contributed by atoms with Crippen LogP contribution in [-0.2, 0) is 9.59 Å². The van der Waals surface area contributed by atoms with E-state index in [1.54, 1.807) is 0 Å². The van der Waals surface area contributed by atoms with E-state index in [1.165, 1.54) is 19.4 Å². The number of rotatable bonds is 4. The van der Waals surface area contributed by atoms with Gasteiger partial charge in [-0.05, 0) is 28.3 Å². The minimum Gasteiger partial charge on any atom is -0.500 e. The van der Waals surface area contributed by atoms with E-state index in [0.717, 1.165) is 33.3 Å². The lowest BCUT2D eigenvalue weighted by Gasteiger charge is -2.45. The molecule has 9 heteroatoms. The Morgan fingerprint density at radius 2 is 1.43 bits per heavy atom. The zero-order chi connectivity index (χ0) is 24.4. The summed E-state index contributed by atoms with van der Waals surface area (Å²) in [7, 11) is 1.27. The van der Waals surface area contributed by atoms with Gasteiger partial charge in [-0.25, -0.2) is 0 Å². The van der Waals surface area contributed by atoms with Crippen molar-refractivity contribution in [3.63, 3.8) is 0 Å². The normalized spacial score (nSPS) is 23.9. The van der Waals surface area contributed by atoms with Gasteiger partial charge in [-0.15, -0.1) is 0 Å². The summed E-state index contributed by atoms with van der Waals surface area (Å²) in [4.78, 5) is 37.7. The van der Waals surface area contributed by atoms with Gasteiger partial charge in [0.1, 0.15) is 0 Å². The van der Waals surface area contributed by atoms with Crippen molar-refractivity contribution in [2.75, 3.05) is 7.11 Å². The smallest absolute Gasteiger partial charge is 0.315 e. The van der Waals surface area contributed by atoms with Crippen LogP contribution >= 0.6 is 0 Å². The van der Waals surface area contributed by atoms with Crippen LogP contribution in [0, 0.1) is 22.0 Å².